The van der Waals surface area contributed by atoms with Gasteiger partial charge < -0.3 is 19.6 Å². The SMILES string of the molecule is CCn1c(=S)[nH]c2cc3c(NCc4ccc(OCCN5CCCC5)cc4)ncnc3cc21. The molecule has 0 amide bonds. The van der Waals surface area contributed by atoms with E-state index < -0.39 is 0 Å². The lowest BCUT2D eigenvalue weighted by Gasteiger charge is -2.15. The number of anilines is 1. The molecule has 32 heavy (non-hydrogen) atoms. The Morgan fingerprint density at radius 1 is 1.12 bits per heavy atom. The molecule has 4 aromatic rings. The first-order valence-electron chi connectivity index (χ1n) is 11.3. The summed E-state index contributed by atoms with van der Waals surface area (Å²) >= 11 is 5.45. The number of imidazole rings is 1. The molecule has 5 rings (SSSR count). The lowest BCUT2D eigenvalue weighted by atomic mass is 10.2. The van der Waals surface area contributed by atoms with E-state index in [2.05, 4.69) is 60.9 Å². The Kier molecular flexibility index (Phi) is 6.05. The molecular formula is C24H28N6OS. The fourth-order valence-corrected chi connectivity index (χ4v) is 4.69. The predicted molar refractivity (Wildman–Crippen MR) is 131 cm³/mol. The number of likely N-dealkylation sites (tertiary alicyclic amines) is 1. The standard InChI is InChI=1S/C24H28N6OS/c1-2-30-22-14-20-19(13-21(22)28-24(30)32)23(27-16-26-20)25-15-17-5-7-18(8-6-17)31-12-11-29-9-3-4-10-29/h5-8,13-14,16H,2-4,9-12,15H2,1H3,(H,28,32)(H,25,26,27). The molecule has 166 valence electrons. The highest BCUT2D eigenvalue weighted by Crippen LogP contribution is 2.26. The van der Waals surface area contributed by atoms with Crippen LogP contribution in [-0.4, -0.2) is 50.7 Å². The smallest absolute Gasteiger partial charge is 0.178 e. The molecule has 0 unspecified atom stereocenters. The molecule has 0 atom stereocenters. The van der Waals surface area contributed by atoms with E-state index in [9.17, 15) is 0 Å². The van der Waals surface area contributed by atoms with Gasteiger partial charge in [-0.2, -0.15) is 0 Å². The van der Waals surface area contributed by atoms with Crippen LogP contribution in [0.1, 0.15) is 25.3 Å². The number of nitrogens with one attached hydrogen (secondary N) is 2. The second-order valence-corrected chi connectivity index (χ2v) is 8.56. The third kappa shape index (κ3) is 4.33. The van der Waals surface area contributed by atoms with E-state index in [1.165, 1.54) is 31.5 Å². The molecule has 0 radical (unpaired) electrons. The van der Waals surface area contributed by atoms with Crippen molar-refractivity contribution in [2.45, 2.75) is 32.9 Å². The molecule has 2 N–H and O–H groups in total. The van der Waals surface area contributed by atoms with E-state index in [-0.39, 0.29) is 0 Å². The first-order valence-corrected chi connectivity index (χ1v) is 11.7. The van der Waals surface area contributed by atoms with E-state index in [0.717, 1.165) is 58.0 Å². The average molecular weight is 449 g/mol. The van der Waals surface area contributed by atoms with Gasteiger partial charge in [-0.15, -0.1) is 0 Å². The number of ether oxygens (including phenoxy) is 1. The van der Waals surface area contributed by atoms with Gasteiger partial charge in [0, 0.05) is 25.0 Å². The molecule has 1 aliphatic rings. The highest BCUT2D eigenvalue weighted by Gasteiger charge is 2.11. The van der Waals surface area contributed by atoms with Crippen LogP contribution in [0.3, 0.4) is 0 Å². The van der Waals surface area contributed by atoms with Crippen LogP contribution in [0.2, 0.25) is 0 Å². The Balaban J connectivity index is 1.26. The minimum Gasteiger partial charge on any atom is -0.492 e. The van der Waals surface area contributed by atoms with Crippen LogP contribution in [0.5, 0.6) is 5.75 Å². The number of aromatic amines is 1. The van der Waals surface area contributed by atoms with Crippen molar-refractivity contribution in [2.75, 3.05) is 31.6 Å². The Bertz CT molecular complexity index is 1270. The Hall–Kier alpha value is -2.97. The third-order valence-corrected chi connectivity index (χ3v) is 6.43. The second kappa shape index (κ2) is 9.26. The van der Waals surface area contributed by atoms with Gasteiger partial charge in [-0.25, -0.2) is 9.97 Å². The number of nitrogens with zero attached hydrogens (tertiary/aromatic N) is 4. The quantitative estimate of drug-likeness (QED) is 0.379. The monoisotopic (exact) mass is 448 g/mol. The van der Waals surface area contributed by atoms with E-state index >= 15 is 0 Å². The minimum atomic E-state index is 0.671. The van der Waals surface area contributed by atoms with Crippen molar-refractivity contribution >= 4 is 40.0 Å². The van der Waals surface area contributed by atoms with Crippen LogP contribution in [0.4, 0.5) is 5.82 Å². The normalized spacial score (nSPS) is 14.4. The zero-order chi connectivity index (χ0) is 21.9. The molecule has 3 heterocycles. The van der Waals surface area contributed by atoms with Gasteiger partial charge in [0.25, 0.3) is 0 Å². The van der Waals surface area contributed by atoms with E-state index in [1.807, 2.05) is 12.1 Å². The van der Waals surface area contributed by atoms with Crippen LogP contribution in [-0.2, 0) is 13.1 Å². The molecule has 1 fully saturated rings. The molecular weight excluding hydrogens is 420 g/mol. The Morgan fingerprint density at radius 3 is 2.72 bits per heavy atom. The molecule has 2 aromatic heterocycles. The van der Waals surface area contributed by atoms with E-state index in [1.54, 1.807) is 6.33 Å². The molecule has 0 spiro atoms. The van der Waals surface area contributed by atoms with Crippen LogP contribution in [0.25, 0.3) is 21.9 Å². The molecule has 0 bridgehead atoms. The molecule has 1 aliphatic heterocycles. The Morgan fingerprint density at radius 2 is 1.94 bits per heavy atom. The Labute approximate surface area is 192 Å². The third-order valence-electron chi connectivity index (χ3n) is 6.10. The van der Waals surface area contributed by atoms with Crippen molar-refractivity contribution in [3.63, 3.8) is 0 Å². The molecule has 7 nitrogen and oxygen atoms in total. The van der Waals surface area contributed by atoms with E-state index in [4.69, 9.17) is 17.0 Å². The van der Waals surface area contributed by atoms with Crippen molar-refractivity contribution in [2.24, 2.45) is 0 Å². The van der Waals surface area contributed by atoms with Gasteiger partial charge in [-0.05, 0) is 74.9 Å². The van der Waals surface area contributed by atoms with Crippen LogP contribution in [0, 0.1) is 4.77 Å². The van der Waals surface area contributed by atoms with Crippen LogP contribution >= 0.6 is 12.2 Å². The van der Waals surface area contributed by atoms with Gasteiger partial charge >= 0.3 is 0 Å². The molecule has 1 saturated heterocycles. The van der Waals surface area contributed by atoms with Gasteiger partial charge in [0.15, 0.2) is 4.77 Å². The largest absolute Gasteiger partial charge is 0.492 e. The highest BCUT2D eigenvalue weighted by atomic mass is 32.1. The summed E-state index contributed by atoms with van der Waals surface area (Å²) in [5.74, 6) is 1.73. The summed E-state index contributed by atoms with van der Waals surface area (Å²) in [6, 6.07) is 12.4. The van der Waals surface area contributed by atoms with Gasteiger partial charge in [0.05, 0.1) is 16.6 Å². The van der Waals surface area contributed by atoms with Gasteiger partial charge in [0.2, 0.25) is 0 Å². The van der Waals surface area contributed by atoms with Crippen molar-refractivity contribution in [3.05, 3.63) is 53.1 Å². The number of benzene rings is 2. The molecule has 8 heteroatoms. The second-order valence-electron chi connectivity index (χ2n) is 8.18. The fourth-order valence-electron chi connectivity index (χ4n) is 4.35. The number of hydrogen-bond acceptors (Lipinski definition) is 6. The van der Waals surface area contributed by atoms with Crippen LogP contribution in [0.15, 0.2) is 42.7 Å². The lowest BCUT2D eigenvalue weighted by molar-refractivity contribution is 0.238. The van der Waals surface area contributed by atoms with Crippen molar-refractivity contribution in [1.29, 1.82) is 0 Å². The lowest BCUT2D eigenvalue weighted by Crippen LogP contribution is -2.25. The maximum Gasteiger partial charge on any atom is 0.178 e. The number of fused-ring (bicyclic) bond motifs is 2. The van der Waals surface area contributed by atoms with Crippen LogP contribution < -0.4 is 10.1 Å². The zero-order valence-electron chi connectivity index (χ0n) is 18.3. The topological polar surface area (TPSA) is 71.0 Å². The molecule has 0 aliphatic carbocycles. The first-order chi connectivity index (χ1) is 15.7. The maximum atomic E-state index is 5.91. The summed E-state index contributed by atoms with van der Waals surface area (Å²) in [5, 5.41) is 4.43. The highest BCUT2D eigenvalue weighted by molar-refractivity contribution is 7.71. The summed E-state index contributed by atoms with van der Waals surface area (Å²) < 4.78 is 8.71. The summed E-state index contributed by atoms with van der Waals surface area (Å²) in [4.78, 5) is 14.7. The maximum absolute atomic E-state index is 5.91. The van der Waals surface area contributed by atoms with Crippen molar-refractivity contribution < 1.29 is 4.74 Å². The number of hydrogen-bond donors (Lipinski definition) is 2. The number of H-pyrrole nitrogens is 1. The summed E-state index contributed by atoms with van der Waals surface area (Å²) in [6.07, 6.45) is 4.23. The number of aryl methyl sites for hydroxylation is 1. The van der Waals surface area contributed by atoms with Crippen molar-refractivity contribution in [3.8, 4) is 5.75 Å². The molecule has 0 saturated carbocycles. The molecule has 2 aromatic carbocycles. The minimum absolute atomic E-state index is 0.671. The van der Waals surface area contributed by atoms with Crippen molar-refractivity contribution in [1.82, 2.24) is 24.4 Å². The zero-order valence-corrected chi connectivity index (χ0v) is 19.1. The number of aromatic nitrogens is 4. The summed E-state index contributed by atoms with van der Waals surface area (Å²) in [5.41, 5.74) is 4.13. The van der Waals surface area contributed by atoms with Gasteiger partial charge in [-0.3, -0.25) is 4.90 Å². The fraction of sp³-hybridized carbons (Fsp3) is 0.375. The van der Waals surface area contributed by atoms with Gasteiger partial charge in [-0.1, -0.05) is 12.1 Å². The summed E-state index contributed by atoms with van der Waals surface area (Å²) in [6.45, 7) is 7.72. The summed E-state index contributed by atoms with van der Waals surface area (Å²) in [7, 11) is 0. The predicted octanol–water partition coefficient (Wildman–Crippen LogP) is 4.75. The van der Waals surface area contributed by atoms with Gasteiger partial charge in [0.1, 0.15) is 24.5 Å². The average Bonchev–Trinajstić information content (AvgIpc) is 3.43. The first kappa shape index (κ1) is 20.9. The number of rotatable bonds is 8. The van der Waals surface area contributed by atoms with E-state index in [0.29, 0.717) is 6.54 Å².